The Balaban J connectivity index is 4.30. The second-order valence-electron chi connectivity index (χ2n) is 18.3. The van der Waals surface area contributed by atoms with Gasteiger partial charge < -0.3 is 14.2 Å². The Kier molecular flexibility index (Phi) is 45.2. The molecule has 0 aromatic rings. The molecule has 0 heterocycles. The van der Waals surface area contributed by atoms with E-state index in [0.717, 1.165) is 63.7 Å². The van der Waals surface area contributed by atoms with Crippen LogP contribution in [0.15, 0.2) is 0 Å². The van der Waals surface area contributed by atoms with Crippen molar-refractivity contribution in [3.05, 3.63) is 0 Å². The number of carbonyl (C=O) groups excluding carboxylic acids is 3. The topological polar surface area (TPSA) is 78.9 Å². The van der Waals surface area contributed by atoms with Gasteiger partial charge in [0.25, 0.3) is 0 Å². The van der Waals surface area contributed by atoms with Crippen molar-refractivity contribution in [2.24, 2.45) is 5.92 Å². The van der Waals surface area contributed by atoms with E-state index in [1.54, 1.807) is 0 Å². The molecule has 0 spiro atoms. The standard InChI is InChI=1S/C52H100O6/c1-5-7-9-11-13-15-17-19-21-23-24-26-31-35-39-43-50(53)56-46-49(47-57-51(54)44-40-36-32-29-28-30-34-38-42-48(3)4)58-52(55)45-41-37-33-27-25-22-20-18-16-14-12-10-8-6-2/h48-49H,5-47H2,1-4H3/t49-/m0/s1. The highest BCUT2D eigenvalue weighted by atomic mass is 16.6. The third-order valence-electron chi connectivity index (χ3n) is 11.8. The minimum Gasteiger partial charge on any atom is -0.462 e. The molecule has 6 heteroatoms. The van der Waals surface area contributed by atoms with E-state index in [2.05, 4.69) is 27.7 Å². The van der Waals surface area contributed by atoms with Crippen molar-refractivity contribution in [1.29, 1.82) is 0 Å². The lowest BCUT2D eigenvalue weighted by Gasteiger charge is -2.18. The van der Waals surface area contributed by atoms with Crippen LogP contribution < -0.4 is 0 Å². The quantitative estimate of drug-likeness (QED) is 0.0346. The molecule has 344 valence electrons. The molecule has 0 aliphatic rings. The Morgan fingerprint density at radius 2 is 0.569 bits per heavy atom. The molecule has 0 fully saturated rings. The summed E-state index contributed by atoms with van der Waals surface area (Å²) in [6.45, 7) is 9.00. The summed E-state index contributed by atoms with van der Waals surface area (Å²) < 4.78 is 16.8. The molecule has 0 aromatic carbocycles. The fourth-order valence-corrected chi connectivity index (χ4v) is 7.86. The van der Waals surface area contributed by atoms with Crippen molar-refractivity contribution in [1.82, 2.24) is 0 Å². The Hall–Kier alpha value is -1.59. The molecule has 0 bridgehead atoms. The Morgan fingerprint density at radius 1 is 0.328 bits per heavy atom. The van der Waals surface area contributed by atoms with Gasteiger partial charge in [-0.1, -0.05) is 252 Å². The summed E-state index contributed by atoms with van der Waals surface area (Å²) in [4.78, 5) is 37.9. The van der Waals surface area contributed by atoms with E-state index in [0.29, 0.717) is 19.3 Å². The molecule has 0 rings (SSSR count). The lowest BCUT2D eigenvalue weighted by molar-refractivity contribution is -0.167. The summed E-state index contributed by atoms with van der Waals surface area (Å²) in [5, 5.41) is 0. The minimum absolute atomic E-state index is 0.0630. The van der Waals surface area contributed by atoms with Gasteiger partial charge in [-0.25, -0.2) is 0 Å². The molecule has 6 nitrogen and oxygen atoms in total. The monoisotopic (exact) mass is 821 g/mol. The summed E-state index contributed by atoms with van der Waals surface area (Å²) in [5.74, 6) is -0.0492. The van der Waals surface area contributed by atoms with Crippen LogP contribution in [0.1, 0.15) is 291 Å². The van der Waals surface area contributed by atoms with E-state index < -0.39 is 6.10 Å². The first-order valence-electron chi connectivity index (χ1n) is 25.9. The predicted octanol–water partition coefficient (Wildman–Crippen LogP) is 16.7. The van der Waals surface area contributed by atoms with Crippen molar-refractivity contribution < 1.29 is 28.6 Å². The maximum Gasteiger partial charge on any atom is 0.306 e. The third kappa shape index (κ3) is 45.5. The second kappa shape index (κ2) is 46.5. The van der Waals surface area contributed by atoms with Crippen molar-refractivity contribution in [3.63, 3.8) is 0 Å². The average Bonchev–Trinajstić information content (AvgIpc) is 3.21. The van der Waals surface area contributed by atoms with Gasteiger partial charge in [0.15, 0.2) is 6.10 Å². The van der Waals surface area contributed by atoms with Crippen LogP contribution in [0.2, 0.25) is 0 Å². The Labute approximate surface area is 361 Å². The normalized spacial score (nSPS) is 11.9. The summed E-state index contributed by atoms with van der Waals surface area (Å²) in [5.41, 5.74) is 0. The van der Waals surface area contributed by atoms with E-state index in [-0.39, 0.29) is 31.1 Å². The molecule has 0 saturated heterocycles. The number of hydrogen-bond acceptors (Lipinski definition) is 6. The molecule has 1 atom stereocenters. The van der Waals surface area contributed by atoms with Crippen LogP contribution in [0.4, 0.5) is 0 Å². The molecule has 0 unspecified atom stereocenters. The van der Waals surface area contributed by atoms with Crippen LogP contribution in [0.3, 0.4) is 0 Å². The van der Waals surface area contributed by atoms with Gasteiger partial charge >= 0.3 is 17.9 Å². The van der Waals surface area contributed by atoms with Gasteiger partial charge in [-0.2, -0.15) is 0 Å². The van der Waals surface area contributed by atoms with Crippen molar-refractivity contribution >= 4 is 17.9 Å². The first-order chi connectivity index (χ1) is 28.4. The molecule has 0 radical (unpaired) electrons. The molecule has 0 N–H and O–H groups in total. The van der Waals surface area contributed by atoms with Gasteiger partial charge in [-0.15, -0.1) is 0 Å². The second-order valence-corrected chi connectivity index (χ2v) is 18.3. The Bertz CT molecular complexity index is 872. The van der Waals surface area contributed by atoms with Crippen LogP contribution in [-0.4, -0.2) is 37.2 Å². The lowest BCUT2D eigenvalue weighted by Crippen LogP contribution is -2.30. The number of hydrogen-bond donors (Lipinski definition) is 0. The van der Waals surface area contributed by atoms with Crippen LogP contribution in [0.25, 0.3) is 0 Å². The van der Waals surface area contributed by atoms with Gasteiger partial charge in [0, 0.05) is 19.3 Å². The highest BCUT2D eigenvalue weighted by Gasteiger charge is 2.19. The number of rotatable bonds is 47. The van der Waals surface area contributed by atoms with Crippen molar-refractivity contribution in [2.75, 3.05) is 13.2 Å². The number of esters is 3. The SMILES string of the molecule is CCCCCCCCCCCCCCCCCC(=O)OC[C@@H](COC(=O)CCCCCCCCCCC(C)C)OC(=O)CCCCCCCCCCCCCCCC. The van der Waals surface area contributed by atoms with Gasteiger partial charge in [-0.3, -0.25) is 14.4 Å². The first kappa shape index (κ1) is 56.4. The van der Waals surface area contributed by atoms with Gasteiger partial charge in [0.05, 0.1) is 0 Å². The van der Waals surface area contributed by atoms with Gasteiger partial charge in [0.2, 0.25) is 0 Å². The highest BCUT2D eigenvalue weighted by Crippen LogP contribution is 2.17. The van der Waals surface area contributed by atoms with Gasteiger partial charge in [0.1, 0.15) is 13.2 Å². The third-order valence-corrected chi connectivity index (χ3v) is 11.8. The molecular formula is C52H100O6. The molecular weight excluding hydrogens is 721 g/mol. The maximum atomic E-state index is 12.8. The lowest BCUT2D eigenvalue weighted by atomic mass is 10.0. The van der Waals surface area contributed by atoms with Crippen LogP contribution >= 0.6 is 0 Å². The number of ether oxygens (including phenoxy) is 3. The minimum atomic E-state index is -0.760. The van der Waals surface area contributed by atoms with Crippen LogP contribution in [0, 0.1) is 5.92 Å². The van der Waals surface area contributed by atoms with E-state index in [1.165, 1.54) is 186 Å². The Morgan fingerprint density at radius 3 is 0.845 bits per heavy atom. The summed E-state index contributed by atoms with van der Waals surface area (Å²) >= 11 is 0. The molecule has 0 aliphatic carbocycles. The number of carbonyl (C=O) groups is 3. The van der Waals surface area contributed by atoms with Crippen LogP contribution in [-0.2, 0) is 28.6 Å². The molecule has 0 amide bonds. The van der Waals surface area contributed by atoms with Gasteiger partial charge in [-0.05, 0) is 25.2 Å². The van der Waals surface area contributed by atoms with Crippen molar-refractivity contribution in [3.8, 4) is 0 Å². The smallest absolute Gasteiger partial charge is 0.306 e. The summed E-state index contributed by atoms with van der Waals surface area (Å²) in [6.07, 6.45) is 48.0. The van der Waals surface area contributed by atoms with E-state index in [4.69, 9.17) is 14.2 Å². The molecule has 0 aromatic heterocycles. The average molecular weight is 821 g/mol. The van der Waals surface area contributed by atoms with E-state index in [1.807, 2.05) is 0 Å². The molecule has 0 saturated carbocycles. The fourth-order valence-electron chi connectivity index (χ4n) is 7.86. The van der Waals surface area contributed by atoms with E-state index >= 15 is 0 Å². The zero-order valence-corrected chi connectivity index (χ0v) is 39.5. The zero-order valence-electron chi connectivity index (χ0n) is 39.5. The zero-order chi connectivity index (χ0) is 42.4. The highest BCUT2D eigenvalue weighted by molar-refractivity contribution is 5.71. The molecule has 58 heavy (non-hydrogen) atoms. The maximum absolute atomic E-state index is 12.8. The predicted molar refractivity (Wildman–Crippen MR) is 247 cm³/mol. The van der Waals surface area contributed by atoms with Crippen molar-refractivity contribution in [2.45, 2.75) is 297 Å². The largest absolute Gasteiger partial charge is 0.462 e. The van der Waals surface area contributed by atoms with E-state index in [9.17, 15) is 14.4 Å². The first-order valence-corrected chi connectivity index (χ1v) is 25.9. The fraction of sp³-hybridized carbons (Fsp3) is 0.942. The summed E-state index contributed by atoms with van der Waals surface area (Å²) in [6, 6.07) is 0. The van der Waals surface area contributed by atoms with Crippen LogP contribution in [0.5, 0.6) is 0 Å². The summed E-state index contributed by atoms with van der Waals surface area (Å²) in [7, 11) is 0. The number of unbranched alkanes of at least 4 members (excludes halogenated alkanes) is 34. The molecule has 0 aliphatic heterocycles.